The number of para-hydroxylation sites is 1. The van der Waals surface area contributed by atoms with Crippen molar-refractivity contribution in [3.8, 4) is 17.6 Å². The zero-order valence-corrected chi connectivity index (χ0v) is 19.5. The number of benzene rings is 4. The lowest BCUT2D eigenvalue weighted by Gasteiger charge is -2.18. The van der Waals surface area contributed by atoms with E-state index in [1.54, 1.807) is 12.1 Å². The molecule has 4 nitrogen and oxygen atoms in total. The first kappa shape index (κ1) is 23.1. The molecule has 4 aromatic carbocycles. The largest absolute Gasteiger partial charge is 0.533 e. The third-order valence-electron chi connectivity index (χ3n) is 5.09. The molecule has 0 aliphatic rings. The van der Waals surface area contributed by atoms with E-state index in [9.17, 15) is 9.90 Å². The fraction of sp³-hybridized carbons (Fsp3) is 0.0690. The van der Waals surface area contributed by atoms with Gasteiger partial charge in [-0.25, -0.2) is 0 Å². The highest BCUT2D eigenvalue weighted by Gasteiger charge is 2.21. The van der Waals surface area contributed by atoms with Crippen LogP contribution in [0.1, 0.15) is 18.1 Å². The summed E-state index contributed by atoms with van der Waals surface area (Å²) in [6, 6.07) is 37.0. The third-order valence-corrected chi connectivity index (χ3v) is 7.24. The molecule has 4 aromatic rings. The fourth-order valence-corrected chi connectivity index (χ4v) is 5.30. The monoisotopic (exact) mass is 462 g/mol. The maximum Gasteiger partial charge on any atom is 0.352 e. The molecule has 0 aliphatic heterocycles. The summed E-state index contributed by atoms with van der Waals surface area (Å²) < 4.78 is 6.43. The lowest BCUT2D eigenvalue weighted by Crippen LogP contribution is -2.47. The van der Waals surface area contributed by atoms with Crippen LogP contribution in [0, 0.1) is 11.8 Å². The van der Waals surface area contributed by atoms with E-state index < -0.39 is 21.1 Å². The molecule has 1 amide bonds. The SMILES string of the molecule is O=C(C#CC[C@H](O)c1ccc(O[Si](c2ccccc2)c2ccccc2)cc1)Nc1ccccc1. The molecule has 0 spiro atoms. The van der Waals surface area contributed by atoms with Crippen molar-refractivity contribution in [2.45, 2.75) is 12.5 Å². The predicted molar refractivity (Wildman–Crippen MR) is 137 cm³/mol. The average molecular weight is 463 g/mol. The molecule has 0 aromatic heterocycles. The summed E-state index contributed by atoms with van der Waals surface area (Å²) in [7, 11) is -1.46. The van der Waals surface area contributed by atoms with E-state index in [1.807, 2.05) is 78.9 Å². The summed E-state index contributed by atoms with van der Waals surface area (Å²) in [6.07, 6.45) is -0.634. The van der Waals surface area contributed by atoms with Crippen molar-refractivity contribution in [1.82, 2.24) is 0 Å². The average Bonchev–Trinajstić information content (AvgIpc) is 2.89. The number of carbonyl (C=O) groups is 1. The number of anilines is 1. The molecule has 34 heavy (non-hydrogen) atoms. The zero-order valence-electron chi connectivity index (χ0n) is 18.5. The van der Waals surface area contributed by atoms with Crippen LogP contribution in [0.2, 0.25) is 0 Å². The van der Waals surface area contributed by atoms with Crippen molar-refractivity contribution in [2.75, 3.05) is 5.32 Å². The van der Waals surface area contributed by atoms with Gasteiger partial charge in [0.05, 0.1) is 6.10 Å². The molecule has 0 unspecified atom stereocenters. The first-order chi connectivity index (χ1) is 16.7. The first-order valence-corrected chi connectivity index (χ1v) is 12.4. The Kier molecular flexibility index (Phi) is 7.91. The van der Waals surface area contributed by atoms with Crippen LogP contribution in [0.4, 0.5) is 5.69 Å². The molecule has 167 valence electrons. The smallest absolute Gasteiger partial charge is 0.352 e. The molecule has 4 rings (SSSR count). The van der Waals surface area contributed by atoms with Gasteiger partial charge in [0.15, 0.2) is 0 Å². The van der Waals surface area contributed by atoms with Gasteiger partial charge in [0, 0.05) is 12.1 Å². The topological polar surface area (TPSA) is 58.6 Å². The van der Waals surface area contributed by atoms with E-state index in [-0.39, 0.29) is 6.42 Å². The van der Waals surface area contributed by atoms with Gasteiger partial charge in [-0.2, -0.15) is 0 Å². The van der Waals surface area contributed by atoms with Gasteiger partial charge in [-0.3, -0.25) is 4.79 Å². The van der Waals surface area contributed by atoms with Crippen molar-refractivity contribution < 1.29 is 14.3 Å². The van der Waals surface area contributed by atoms with Crippen LogP contribution >= 0.6 is 0 Å². The van der Waals surface area contributed by atoms with Crippen LogP contribution in [0.15, 0.2) is 115 Å². The lowest BCUT2D eigenvalue weighted by atomic mass is 10.1. The summed E-state index contributed by atoms with van der Waals surface area (Å²) in [4.78, 5) is 11.9. The molecule has 0 fully saturated rings. The maximum absolute atomic E-state index is 11.9. The van der Waals surface area contributed by atoms with Gasteiger partial charge in [0.2, 0.25) is 0 Å². The number of rotatable bonds is 7. The molecule has 0 heterocycles. The van der Waals surface area contributed by atoms with Crippen LogP contribution in [-0.2, 0) is 4.79 Å². The van der Waals surface area contributed by atoms with Crippen LogP contribution in [0.25, 0.3) is 0 Å². The Morgan fingerprint density at radius 1 is 0.794 bits per heavy atom. The van der Waals surface area contributed by atoms with Crippen molar-refractivity contribution in [2.24, 2.45) is 0 Å². The Bertz CT molecular complexity index is 1210. The van der Waals surface area contributed by atoms with Crippen molar-refractivity contribution in [3.05, 3.63) is 121 Å². The number of nitrogens with one attached hydrogen (secondary N) is 1. The van der Waals surface area contributed by atoms with Crippen molar-refractivity contribution >= 4 is 31.0 Å². The summed E-state index contributed by atoms with van der Waals surface area (Å²) in [5, 5.41) is 15.5. The normalized spacial score (nSPS) is 11.2. The number of hydrogen-bond donors (Lipinski definition) is 2. The van der Waals surface area contributed by atoms with Gasteiger partial charge < -0.3 is 14.8 Å². The molecule has 0 bridgehead atoms. The first-order valence-electron chi connectivity index (χ1n) is 11.0. The second kappa shape index (κ2) is 11.7. The number of hydrogen-bond acceptors (Lipinski definition) is 3. The Morgan fingerprint density at radius 2 is 1.32 bits per heavy atom. The second-order valence-corrected chi connectivity index (χ2v) is 9.59. The van der Waals surface area contributed by atoms with Crippen LogP contribution in [0.3, 0.4) is 0 Å². The second-order valence-electron chi connectivity index (χ2n) is 7.57. The number of carbonyl (C=O) groups excluding carboxylic acids is 1. The number of aliphatic hydroxyl groups excluding tert-OH is 1. The van der Waals surface area contributed by atoms with Crippen molar-refractivity contribution in [1.29, 1.82) is 0 Å². The molecular formula is C29H24NO3Si. The highest BCUT2D eigenvalue weighted by atomic mass is 28.3. The maximum atomic E-state index is 11.9. The zero-order chi connectivity index (χ0) is 23.6. The van der Waals surface area contributed by atoms with Crippen LogP contribution in [-0.4, -0.2) is 20.1 Å². The van der Waals surface area contributed by atoms with E-state index in [0.717, 1.165) is 21.7 Å². The molecule has 1 atom stereocenters. The Morgan fingerprint density at radius 3 is 1.88 bits per heavy atom. The third kappa shape index (κ3) is 6.45. The Balaban J connectivity index is 1.39. The fourth-order valence-electron chi connectivity index (χ4n) is 3.37. The van der Waals surface area contributed by atoms with Gasteiger partial charge in [-0.1, -0.05) is 96.9 Å². The molecule has 0 aliphatic carbocycles. The van der Waals surface area contributed by atoms with Gasteiger partial charge in [-0.05, 0) is 46.1 Å². The van der Waals surface area contributed by atoms with Gasteiger partial charge in [0.1, 0.15) is 5.75 Å². The van der Waals surface area contributed by atoms with Crippen molar-refractivity contribution in [3.63, 3.8) is 0 Å². The van der Waals surface area contributed by atoms with Crippen LogP contribution < -0.4 is 20.1 Å². The number of amides is 1. The summed E-state index contributed by atoms with van der Waals surface area (Å²) in [5.41, 5.74) is 1.41. The quantitative estimate of drug-likeness (QED) is 0.323. The minimum absolute atomic E-state index is 0.158. The summed E-state index contributed by atoms with van der Waals surface area (Å²) >= 11 is 0. The molecule has 2 N–H and O–H groups in total. The molecule has 0 saturated heterocycles. The minimum Gasteiger partial charge on any atom is -0.533 e. The predicted octanol–water partition coefficient (Wildman–Crippen LogP) is 3.94. The van der Waals surface area contributed by atoms with Gasteiger partial charge in [-0.15, -0.1) is 0 Å². The molecule has 5 heteroatoms. The number of aliphatic hydroxyl groups is 1. The van der Waals surface area contributed by atoms with E-state index in [4.69, 9.17) is 4.43 Å². The van der Waals surface area contributed by atoms with E-state index in [0.29, 0.717) is 5.69 Å². The molecular weight excluding hydrogens is 438 g/mol. The van der Waals surface area contributed by atoms with E-state index >= 15 is 0 Å². The highest BCUT2D eigenvalue weighted by Crippen LogP contribution is 2.20. The van der Waals surface area contributed by atoms with Gasteiger partial charge in [0.25, 0.3) is 5.91 Å². The summed E-state index contributed by atoms with van der Waals surface area (Å²) in [5.74, 6) is 5.62. The lowest BCUT2D eigenvalue weighted by molar-refractivity contribution is -0.111. The highest BCUT2D eigenvalue weighted by molar-refractivity contribution is 6.80. The Labute approximate surface area is 201 Å². The standard InChI is InChI=1S/C29H24NO3Si/c31-28(17-10-18-29(32)30-24-11-4-1-5-12-24)23-19-21-25(22-20-23)33-34(26-13-6-2-7-14-26)27-15-8-3-9-16-27/h1-9,11-16,19-22,28,31H,17H2,(H,30,32)/t28-/m0/s1. The van der Waals surface area contributed by atoms with E-state index in [1.165, 1.54) is 0 Å². The van der Waals surface area contributed by atoms with Gasteiger partial charge >= 0.3 is 9.04 Å². The summed E-state index contributed by atoms with van der Waals surface area (Å²) in [6.45, 7) is 0. The van der Waals surface area contributed by atoms with E-state index in [2.05, 4.69) is 41.4 Å². The Hall–Kier alpha value is -4.11. The minimum atomic E-state index is -1.46. The molecule has 0 saturated carbocycles. The molecule has 1 radical (unpaired) electrons. The van der Waals surface area contributed by atoms with Crippen LogP contribution in [0.5, 0.6) is 5.75 Å².